The maximum atomic E-state index is 5.96. The van der Waals surface area contributed by atoms with Gasteiger partial charge in [-0.3, -0.25) is 0 Å². The molecule has 5 nitrogen and oxygen atoms in total. The fraction of sp³-hybridized carbons (Fsp3) is 0.200. The molecule has 2 N–H and O–H groups in total. The first-order chi connectivity index (χ1) is 7.65. The van der Waals surface area contributed by atoms with Crippen molar-refractivity contribution in [3.8, 4) is 11.5 Å². The number of nitrogens with zero attached hydrogens (tertiary/aromatic N) is 2. The molecule has 0 saturated carbocycles. The standard InChI is InChI=1S/C10H10ClN3O2/c1-15-7-3-5-6(4-8(7)16-2)13-10(12)14-9(5)11/h3-4H,1-2H3,(H2,12,13,14). The Balaban J connectivity index is 2.78. The van der Waals surface area contributed by atoms with Crippen LogP contribution in [0, 0.1) is 0 Å². The minimum Gasteiger partial charge on any atom is -0.493 e. The van der Waals surface area contributed by atoms with Gasteiger partial charge in [0.05, 0.1) is 19.7 Å². The second kappa shape index (κ2) is 4.02. The third-order valence-electron chi connectivity index (χ3n) is 2.17. The SMILES string of the molecule is COc1cc2nc(N)nc(Cl)c2cc1OC. The number of nitrogens with two attached hydrogens (primary N) is 1. The van der Waals surface area contributed by atoms with Crippen molar-refractivity contribution >= 4 is 28.5 Å². The molecule has 84 valence electrons. The molecule has 1 aromatic heterocycles. The van der Waals surface area contributed by atoms with E-state index >= 15 is 0 Å². The highest BCUT2D eigenvalue weighted by atomic mass is 35.5. The molecule has 0 saturated heterocycles. The molecule has 0 fully saturated rings. The first-order valence-corrected chi connectivity index (χ1v) is 4.88. The van der Waals surface area contributed by atoms with Gasteiger partial charge in [0.25, 0.3) is 0 Å². The van der Waals surface area contributed by atoms with Gasteiger partial charge in [0.2, 0.25) is 5.95 Å². The molecule has 0 radical (unpaired) electrons. The first-order valence-electron chi connectivity index (χ1n) is 4.50. The maximum absolute atomic E-state index is 5.96. The van der Waals surface area contributed by atoms with Crippen LogP contribution >= 0.6 is 11.6 Å². The summed E-state index contributed by atoms with van der Waals surface area (Å²) in [5, 5.41) is 0.969. The Morgan fingerprint density at radius 2 is 1.75 bits per heavy atom. The molecule has 16 heavy (non-hydrogen) atoms. The van der Waals surface area contributed by atoms with Gasteiger partial charge in [-0.05, 0) is 6.07 Å². The molecule has 0 spiro atoms. The molecule has 1 aromatic carbocycles. The average molecular weight is 240 g/mol. The van der Waals surface area contributed by atoms with E-state index in [1.807, 2.05) is 0 Å². The van der Waals surface area contributed by atoms with Crippen LogP contribution in [-0.4, -0.2) is 24.2 Å². The molecule has 0 aliphatic rings. The molecule has 2 aromatic rings. The summed E-state index contributed by atoms with van der Waals surface area (Å²) in [5.41, 5.74) is 6.13. The predicted octanol–water partition coefficient (Wildman–Crippen LogP) is 1.88. The van der Waals surface area contributed by atoms with Crippen LogP contribution in [0.15, 0.2) is 12.1 Å². The van der Waals surface area contributed by atoms with Crippen molar-refractivity contribution in [1.29, 1.82) is 0 Å². The van der Waals surface area contributed by atoms with Gasteiger partial charge in [-0.25, -0.2) is 9.97 Å². The Kier molecular flexibility index (Phi) is 2.70. The molecule has 0 atom stereocenters. The lowest BCUT2D eigenvalue weighted by Gasteiger charge is -2.09. The third kappa shape index (κ3) is 1.69. The largest absolute Gasteiger partial charge is 0.493 e. The van der Waals surface area contributed by atoms with E-state index in [4.69, 9.17) is 26.8 Å². The highest BCUT2D eigenvalue weighted by Crippen LogP contribution is 2.33. The number of ether oxygens (including phenoxy) is 2. The number of halogens is 1. The summed E-state index contributed by atoms with van der Waals surface area (Å²) < 4.78 is 10.3. The van der Waals surface area contributed by atoms with Crippen LogP contribution in [0.1, 0.15) is 0 Å². The summed E-state index contributed by atoms with van der Waals surface area (Å²) in [6, 6.07) is 3.42. The van der Waals surface area contributed by atoms with Gasteiger partial charge in [-0.15, -0.1) is 0 Å². The predicted molar refractivity (Wildman–Crippen MR) is 62.1 cm³/mol. The second-order valence-corrected chi connectivity index (χ2v) is 3.45. The Morgan fingerprint density at radius 3 is 2.38 bits per heavy atom. The van der Waals surface area contributed by atoms with Gasteiger partial charge in [-0.2, -0.15) is 0 Å². The molecule has 0 bridgehead atoms. The Labute approximate surface area is 97.2 Å². The van der Waals surface area contributed by atoms with Crippen molar-refractivity contribution in [2.45, 2.75) is 0 Å². The second-order valence-electron chi connectivity index (χ2n) is 3.10. The molecule has 0 aliphatic carbocycles. The average Bonchev–Trinajstić information content (AvgIpc) is 2.27. The summed E-state index contributed by atoms with van der Waals surface area (Å²) in [4.78, 5) is 7.94. The lowest BCUT2D eigenvalue weighted by atomic mass is 10.2. The van der Waals surface area contributed by atoms with E-state index in [0.29, 0.717) is 27.6 Å². The quantitative estimate of drug-likeness (QED) is 0.811. The molecule has 1 heterocycles. The molecule has 0 aliphatic heterocycles. The van der Waals surface area contributed by atoms with Crippen molar-refractivity contribution < 1.29 is 9.47 Å². The number of nitrogen functional groups attached to an aromatic ring is 1. The Bertz CT molecular complexity index is 545. The van der Waals surface area contributed by atoms with Crippen molar-refractivity contribution in [3.05, 3.63) is 17.3 Å². The lowest BCUT2D eigenvalue weighted by molar-refractivity contribution is 0.356. The van der Waals surface area contributed by atoms with Gasteiger partial charge >= 0.3 is 0 Å². The fourth-order valence-corrected chi connectivity index (χ4v) is 1.67. The molecule has 0 unspecified atom stereocenters. The van der Waals surface area contributed by atoms with Gasteiger partial charge in [0, 0.05) is 11.5 Å². The van der Waals surface area contributed by atoms with Gasteiger partial charge in [0.15, 0.2) is 11.5 Å². The van der Waals surface area contributed by atoms with Crippen LogP contribution in [0.4, 0.5) is 5.95 Å². The lowest BCUT2D eigenvalue weighted by Crippen LogP contribution is -1.97. The minimum absolute atomic E-state index is 0.129. The van der Waals surface area contributed by atoms with Crippen LogP contribution in [0.3, 0.4) is 0 Å². The number of fused-ring (bicyclic) bond motifs is 1. The van der Waals surface area contributed by atoms with Crippen molar-refractivity contribution in [3.63, 3.8) is 0 Å². The number of aromatic nitrogens is 2. The Morgan fingerprint density at radius 1 is 1.12 bits per heavy atom. The minimum atomic E-state index is 0.129. The molecule has 0 amide bonds. The van der Waals surface area contributed by atoms with E-state index in [9.17, 15) is 0 Å². The van der Waals surface area contributed by atoms with Crippen LogP contribution in [-0.2, 0) is 0 Å². The molecule has 6 heteroatoms. The van der Waals surface area contributed by atoms with E-state index < -0.39 is 0 Å². The summed E-state index contributed by atoms with van der Waals surface area (Å²) in [7, 11) is 3.10. The number of methoxy groups -OCH3 is 2. The van der Waals surface area contributed by atoms with E-state index in [-0.39, 0.29) is 5.95 Å². The monoisotopic (exact) mass is 239 g/mol. The van der Waals surface area contributed by atoms with Crippen molar-refractivity contribution in [1.82, 2.24) is 9.97 Å². The summed E-state index contributed by atoms with van der Waals surface area (Å²) in [5.74, 6) is 1.28. The zero-order valence-corrected chi connectivity index (χ0v) is 9.58. The van der Waals surface area contributed by atoms with E-state index in [0.717, 1.165) is 0 Å². The van der Waals surface area contributed by atoms with E-state index in [2.05, 4.69) is 9.97 Å². The van der Waals surface area contributed by atoms with Gasteiger partial charge in [0.1, 0.15) is 5.15 Å². The zero-order chi connectivity index (χ0) is 11.7. The highest BCUT2D eigenvalue weighted by Gasteiger charge is 2.10. The molecular formula is C10H10ClN3O2. The zero-order valence-electron chi connectivity index (χ0n) is 8.82. The smallest absolute Gasteiger partial charge is 0.222 e. The molecule has 2 rings (SSSR count). The van der Waals surface area contributed by atoms with Crippen molar-refractivity contribution in [2.75, 3.05) is 20.0 Å². The topological polar surface area (TPSA) is 70.3 Å². The number of rotatable bonds is 2. The highest BCUT2D eigenvalue weighted by molar-refractivity contribution is 6.34. The van der Waals surface area contributed by atoms with E-state index in [1.54, 1.807) is 26.4 Å². The van der Waals surface area contributed by atoms with Crippen LogP contribution in [0.2, 0.25) is 5.15 Å². The van der Waals surface area contributed by atoms with Crippen LogP contribution in [0.25, 0.3) is 10.9 Å². The van der Waals surface area contributed by atoms with Gasteiger partial charge in [-0.1, -0.05) is 11.6 Å². The van der Waals surface area contributed by atoms with Crippen LogP contribution in [0.5, 0.6) is 11.5 Å². The number of benzene rings is 1. The van der Waals surface area contributed by atoms with Gasteiger partial charge < -0.3 is 15.2 Å². The Hall–Kier alpha value is -1.75. The summed E-state index contributed by atoms with van der Waals surface area (Å²) in [6.45, 7) is 0. The van der Waals surface area contributed by atoms with Crippen molar-refractivity contribution in [2.24, 2.45) is 0 Å². The number of anilines is 1. The fourth-order valence-electron chi connectivity index (χ4n) is 1.44. The van der Waals surface area contributed by atoms with Crippen LogP contribution < -0.4 is 15.2 Å². The summed E-state index contributed by atoms with van der Waals surface area (Å²) >= 11 is 5.96. The maximum Gasteiger partial charge on any atom is 0.222 e. The summed E-state index contributed by atoms with van der Waals surface area (Å²) in [6.07, 6.45) is 0. The van der Waals surface area contributed by atoms with E-state index in [1.165, 1.54) is 0 Å². The number of hydrogen-bond donors (Lipinski definition) is 1. The normalized spacial score (nSPS) is 10.4. The number of hydrogen-bond acceptors (Lipinski definition) is 5. The third-order valence-corrected chi connectivity index (χ3v) is 2.46. The first kappa shape index (κ1) is 10.8. The molecular weight excluding hydrogens is 230 g/mol.